The second-order valence-electron chi connectivity index (χ2n) is 9.44. The monoisotopic (exact) mass is 509 g/mol. The van der Waals surface area contributed by atoms with E-state index in [1.54, 1.807) is 30.5 Å². The molecular formula is C25H27F4N3O2S. The van der Waals surface area contributed by atoms with Crippen LogP contribution in [0.2, 0.25) is 0 Å². The summed E-state index contributed by atoms with van der Waals surface area (Å²) in [6.45, 7) is 2.31. The normalized spacial score (nSPS) is 17.9. The first-order chi connectivity index (χ1) is 16.2. The number of nitrogens with zero attached hydrogens (tertiary/aromatic N) is 2. The highest BCUT2D eigenvalue weighted by molar-refractivity contribution is 7.84. The van der Waals surface area contributed by atoms with E-state index in [9.17, 15) is 31.8 Å². The van der Waals surface area contributed by atoms with Gasteiger partial charge in [-0.05, 0) is 55.5 Å². The Hall–Kier alpha value is -2.77. The molecular weight excluding hydrogens is 482 g/mol. The van der Waals surface area contributed by atoms with E-state index in [0.717, 1.165) is 24.3 Å². The molecule has 5 nitrogen and oxygen atoms in total. The molecule has 3 rings (SSSR count). The Kier molecular flexibility index (Phi) is 7.44. The van der Waals surface area contributed by atoms with Crippen LogP contribution >= 0.6 is 0 Å². The molecule has 35 heavy (non-hydrogen) atoms. The zero-order valence-electron chi connectivity index (χ0n) is 19.6. The highest BCUT2D eigenvalue weighted by Gasteiger charge is 2.61. The number of amides is 1. The van der Waals surface area contributed by atoms with Gasteiger partial charge < -0.3 is 5.73 Å². The molecule has 1 unspecified atom stereocenters. The minimum absolute atomic E-state index is 0.121. The third-order valence-corrected chi connectivity index (χ3v) is 7.04. The predicted octanol–water partition coefficient (Wildman–Crippen LogP) is 5.04. The third-order valence-electron chi connectivity index (χ3n) is 6.10. The Morgan fingerprint density at radius 2 is 1.57 bits per heavy atom. The number of rotatable bonds is 9. The lowest BCUT2D eigenvalue weighted by atomic mass is 9.92. The van der Waals surface area contributed by atoms with Gasteiger partial charge in [-0.1, -0.05) is 36.4 Å². The quantitative estimate of drug-likeness (QED) is 0.480. The van der Waals surface area contributed by atoms with Crippen molar-refractivity contribution in [2.45, 2.75) is 67.5 Å². The molecule has 0 radical (unpaired) electrons. The largest absolute Gasteiger partial charge is 0.408 e. The van der Waals surface area contributed by atoms with Gasteiger partial charge in [0.05, 0.1) is 12.1 Å². The maximum atomic E-state index is 14.5. The fourth-order valence-electron chi connectivity index (χ4n) is 4.27. The van der Waals surface area contributed by atoms with Crippen LogP contribution in [0.15, 0.2) is 53.4 Å². The van der Waals surface area contributed by atoms with Crippen molar-refractivity contribution < 1.29 is 26.6 Å². The molecule has 0 heterocycles. The van der Waals surface area contributed by atoms with Crippen LogP contribution in [0.3, 0.4) is 0 Å². The van der Waals surface area contributed by atoms with Crippen molar-refractivity contribution in [1.82, 2.24) is 4.90 Å². The fourth-order valence-corrected chi connectivity index (χ4v) is 4.79. The molecule has 1 amide bonds. The molecule has 188 valence electrons. The second-order valence-corrected chi connectivity index (χ2v) is 10.8. The number of benzene rings is 2. The minimum Gasteiger partial charge on any atom is -0.368 e. The zero-order valence-corrected chi connectivity index (χ0v) is 20.4. The van der Waals surface area contributed by atoms with E-state index < -0.39 is 52.6 Å². The topological polar surface area (TPSA) is 87.2 Å². The summed E-state index contributed by atoms with van der Waals surface area (Å²) in [5.74, 6) is -1.11. The molecule has 0 bridgehead atoms. The standard InChI is InChI=1S/C25H27F4N3O2S/c1-23(2,26)14-20(22(31)33)32(24(15-30)12-13-24)21(25(27,28)29)18-6-4-16(5-7-18)17-8-10-19(11-9-17)35(3)34/h4-11,20-21H,12-14H2,1-3H3,(H2,31,33)/t20-,21-,35?/m0/s1. The number of nitriles is 1. The SMILES string of the molecule is CS(=O)c1ccc(-c2ccc([C@H](N([C@@H](CC(C)(C)F)C(N)=O)C3(C#N)CC3)C(F)(F)F)cc2)cc1. The molecule has 1 aliphatic carbocycles. The van der Waals surface area contributed by atoms with Crippen molar-refractivity contribution in [3.8, 4) is 17.2 Å². The first-order valence-corrected chi connectivity index (χ1v) is 12.5. The molecule has 2 aromatic rings. The minimum atomic E-state index is -4.87. The molecule has 2 aromatic carbocycles. The Morgan fingerprint density at radius 3 is 1.91 bits per heavy atom. The third kappa shape index (κ3) is 6.08. The lowest BCUT2D eigenvalue weighted by Gasteiger charge is -2.42. The molecule has 10 heteroatoms. The summed E-state index contributed by atoms with van der Waals surface area (Å²) in [6, 6.07) is 10.4. The van der Waals surface area contributed by atoms with Gasteiger partial charge in [-0.25, -0.2) is 4.39 Å². The molecule has 1 aliphatic rings. The number of hydrogen-bond acceptors (Lipinski definition) is 4. The van der Waals surface area contributed by atoms with Gasteiger partial charge in [-0.15, -0.1) is 0 Å². The number of carbonyl (C=O) groups excluding carboxylic acids is 1. The predicted molar refractivity (Wildman–Crippen MR) is 125 cm³/mol. The van der Waals surface area contributed by atoms with Crippen molar-refractivity contribution in [2.75, 3.05) is 6.26 Å². The lowest BCUT2D eigenvalue weighted by molar-refractivity contribution is -0.201. The van der Waals surface area contributed by atoms with Crippen LogP contribution in [0, 0.1) is 11.3 Å². The van der Waals surface area contributed by atoms with Crippen LogP contribution in [-0.4, -0.2) is 44.7 Å². The van der Waals surface area contributed by atoms with E-state index in [1.807, 2.05) is 6.07 Å². The molecule has 1 fully saturated rings. The average molecular weight is 510 g/mol. The number of halogens is 4. The highest BCUT2D eigenvalue weighted by Crippen LogP contribution is 2.52. The summed E-state index contributed by atoms with van der Waals surface area (Å²) in [5, 5.41) is 9.75. The highest BCUT2D eigenvalue weighted by atomic mass is 32.2. The van der Waals surface area contributed by atoms with Crippen molar-refractivity contribution in [3.63, 3.8) is 0 Å². The Labute approximate surface area is 204 Å². The van der Waals surface area contributed by atoms with E-state index in [0.29, 0.717) is 10.5 Å². The van der Waals surface area contributed by atoms with Gasteiger partial charge in [-0.2, -0.15) is 18.4 Å². The van der Waals surface area contributed by atoms with E-state index >= 15 is 0 Å². The van der Waals surface area contributed by atoms with E-state index in [1.165, 1.54) is 24.3 Å². The summed E-state index contributed by atoms with van der Waals surface area (Å²) >= 11 is 0. The number of hydrogen-bond donors (Lipinski definition) is 1. The van der Waals surface area contributed by atoms with Crippen LogP contribution in [0.4, 0.5) is 17.6 Å². The van der Waals surface area contributed by atoms with E-state index in [4.69, 9.17) is 5.73 Å². The van der Waals surface area contributed by atoms with Crippen LogP contribution in [0.5, 0.6) is 0 Å². The molecule has 0 aromatic heterocycles. The molecule has 3 atom stereocenters. The smallest absolute Gasteiger partial charge is 0.368 e. The number of nitrogens with two attached hydrogens (primary N) is 1. The molecule has 0 aliphatic heterocycles. The van der Waals surface area contributed by atoms with Gasteiger partial charge in [0.25, 0.3) is 0 Å². The first-order valence-electron chi connectivity index (χ1n) is 11.0. The summed E-state index contributed by atoms with van der Waals surface area (Å²) in [7, 11) is -1.16. The Balaban J connectivity index is 2.07. The van der Waals surface area contributed by atoms with Crippen LogP contribution in [0.1, 0.15) is 44.7 Å². The number of primary amides is 1. The van der Waals surface area contributed by atoms with Gasteiger partial charge in [0, 0.05) is 28.4 Å². The van der Waals surface area contributed by atoms with Crippen LogP contribution < -0.4 is 5.73 Å². The van der Waals surface area contributed by atoms with Crippen molar-refractivity contribution in [1.29, 1.82) is 5.26 Å². The maximum Gasteiger partial charge on any atom is 0.408 e. The van der Waals surface area contributed by atoms with E-state index in [2.05, 4.69) is 0 Å². The van der Waals surface area contributed by atoms with Gasteiger partial charge in [0.15, 0.2) is 0 Å². The summed E-state index contributed by atoms with van der Waals surface area (Å²) in [6.07, 6.45) is -3.66. The number of alkyl halides is 4. The molecule has 0 spiro atoms. The summed E-state index contributed by atoms with van der Waals surface area (Å²) < 4.78 is 69.7. The second kappa shape index (κ2) is 9.70. The van der Waals surface area contributed by atoms with E-state index in [-0.39, 0.29) is 18.4 Å². The van der Waals surface area contributed by atoms with Gasteiger partial charge >= 0.3 is 6.18 Å². The van der Waals surface area contributed by atoms with Gasteiger partial charge in [0.2, 0.25) is 5.91 Å². The zero-order chi connectivity index (χ0) is 26.2. The lowest BCUT2D eigenvalue weighted by Crippen LogP contribution is -2.57. The summed E-state index contributed by atoms with van der Waals surface area (Å²) in [5.41, 5.74) is 3.09. The van der Waals surface area contributed by atoms with Crippen molar-refractivity contribution >= 4 is 16.7 Å². The van der Waals surface area contributed by atoms with Gasteiger partial charge in [0.1, 0.15) is 17.2 Å². The molecule has 0 saturated heterocycles. The number of carbonyl (C=O) groups is 1. The van der Waals surface area contributed by atoms with Crippen LogP contribution in [-0.2, 0) is 15.6 Å². The first kappa shape index (κ1) is 26.8. The fraction of sp³-hybridized carbons (Fsp3) is 0.440. The van der Waals surface area contributed by atoms with Crippen molar-refractivity contribution in [3.05, 3.63) is 54.1 Å². The molecule has 1 saturated carbocycles. The maximum absolute atomic E-state index is 14.5. The van der Waals surface area contributed by atoms with Crippen LogP contribution in [0.25, 0.3) is 11.1 Å². The van der Waals surface area contributed by atoms with Gasteiger partial charge in [-0.3, -0.25) is 13.9 Å². The molecule has 2 N–H and O–H groups in total. The summed E-state index contributed by atoms with van der Waals surface area (Å²) in [4.78, 5) is 13.7. The Bertz CT molecular complexity index is 1130. The average Bonchev–Trinajstić information content (AvgIpc) is 3.56. The van der Waals surface area contributed by atoms with Crippen molar-refractivity contribution in [2.24, 2.45) is 5.73 Å². The Morgan fingerprint density at radius 1 is 1.09 bits per heavy atom.